The Hall–Kier alpha value is -2.22. The topological polar surface area (TPSA) is 18.8 Å². The van der Waals surface area contributed by atoms with Crippen LogP contribution < -0.4 is 4.90 Å². The summed E-state index contributed by atoms with van der Waals surface area (Å²) in [6, 6.07) is 8.92. The lowest BCUT2D eigenvalue weighted by Crippen LogP contribution is -2.14. The predicted octanol–water partition coefficient (Wildman–Crippen LogP) is 6.13. The van der Waals surface area contributed by atoms with Gasteiger partial charge >= 0.3 is 5.51 Å². The minimum atomic E-state index is -4.42. The van der Waals surface area contributed by atoms with Gasteiger partial charge in [0.2, 0.25) is 0 Å². The van der Waals surface area contributed by atoms with Crippen LogP contribution in [0.4, 0.5) is 34.6 Å². The number of aliphatic imine (C=N–C) groups is 1. The Morgan fingerprint density at radius 1 is 1.11 bits per heavy atom. The van der Waals surface area contributed by atoms with E-state index in [1.165, 1.54) is 29.2 Å². The number of benzene rings is 2. The third-order valence-electron chi connectivity index (χ3n) is 3.97. The van der Waals surface area contributed by atoms with Gasteiger partial charge in [-0.15, -0.1) is 0 Å². The molecule has 0 fully saturated rings. The van der Waals surface area contributed by atoms with Crippen LogP contribution >= 0.6 is 11.8 Å². The fourth-order valence-electron chi connectivity index (χ4n) is 2.37. The van der Waals surface area contributed by atoms with Crippen molar-refractivity contribution in [3.8, 4) is 0 Å². The molecule has 0 radical (unpaired) electrons. The molecule has 2 rings (SSSR count). The monoisotopic (exact) mass is 399 g/mol. The van der Waals surface area contributed by atoms with Crippen molar-refractivity contribution in [2.24, 2.45) is 4.99 Å². The lowest BCUT2D eigenvalue weighted by Gasteiger charge is -2.24. The van der Waals surface area contributed by atoms with Gasteiger partial charge in [0, 0.05) is 31.6 Å². The Bertz CT molecular complexity index is 821. The summed E-state index contributed by atoms with van der Waals surface area (Å²) in [4.78, 5) is 7.54. The molecule has 2 aromatic carbocycles. The second-order valence-corrected chi connectivity index (χ2v) is 7.09. The minimum Gasteiger partial charge on any atom is -0.366 e. The number of hydrogen-bond acceptors (Lipinski definition) is 3. The maximum absolute atomic E-state index is 14.7. The van der Waals surface area contributed by atoms with Gasteiger partial charge in [0.15, 0.2) is 0 Å². The van der Waals surface area contributed by atoms with E-state index < -0.39 is 11.3 Å². The van der Waals surface area contributed by atoms with Crippen LogP contribution in [0, 0.1) is 12.7 Å². The van der Waals surface area contributed by atoms with Gasteiger partial charge in [-0.25, -0.2) is 9.38 Å². The molecule has 0 amide bonds. The summed E-state index contributed by atoms with van der Waals surface area (Å²) in [5.74, 6) is -0.554. The Morgan fingerprint density at radius 3 is 2.41 bits per heavy atom. The summed E-state index contributed by atoms with van der Waals surface area (Å²) in [6.45, 7) is 4.51. The van der Waals surface area contributed by atoms with E-state index in [9.17, 15) is 17.6 Å². The minimum absolute atomic E-state index is 0.0104. The van der Waals surface area contributed by atoms with Crippen LogP contribution in [0.5, 0.6) is 0 Å². The first kappa shape index (κ1) is 21.1. The van der Waals surface area contributed by atoms with Gasteiger partial charge < -0.3 is 9.80 Å². The quantitative estimate of drug-likeness (QED) is 0.252. The summed E-state index contributed by atoms with van der Waals surface area (Å²) in [5, 5.41) is 0. The number of hydrogen-bond donors (Lipinski definition) is 0. The van der Waals surface area contributed by atoms with Crippen molar-refractivity contribution in [1.82, 2.24) is 4.90 Å². The molecule has 0 unspecified atom stereocenters. The van der Waals surface area contributed by atoms with Crippen molar-refractivity contribution >= 4 is 35.2 Å². The van der Waals surface area contributed by atoms with Crippen molar-refractivity contribution in [2.75, 3.05) is 25.5 Å². The van der Waals surface area contributed by atoms with Crippen LogP contribution in [0.25, 0.3) is 0 Å². The number of rotatable bonds is 6. The standard InChI is InChI=1S/C19H21F4N3S/c1-5-25(3)12-24-15-11-14(20)17(10-13(15)2)26(4)16-8-6-7-9-18(16)27-19(21,22)23/h6-12H,5H2,1-4H3/b24-12+. The first-order valence-corrected chi connectivity index (χ1v) is 9.07. The average molecular weight is 399 g/mol. The van der Waals surface area contributed by atoms with Crippen LogP contribution in [0.1, 0.15) is 12.5 Å². The van der Waals surface area contributed by atoms with Crippen LogP contribution in [0.15, 0.2) is 46.3 Å². The fraction of sp³-hybridized carbons (Fsp3) is 0.316. The largest absolute Gasteiger partial charge is 0.446 e. The maximum Gasteiger partial charge on any atom is 0.446 e. The molecule has 3 nitrogen and oxygen atoms in total. The van der Waals surface area contributed by atoms with Crippen molar-refractivity contribution in [1.29, 1.82) is 0 Å². The highest BCUT2D eigenvalue weighted by Gasteiger charge is 2.31. The summed E-state index contributed by atoms with van der Waals surface area (Å²) in [7, 11) is 3.40. The van der Waals surface area contributed by atoms with Gasteiger partial charge in [0.1, 0.15) is 5.82 Å². The zero-order valence-corrected chi connectivity index (χ0v) is 16.3. The molecule has 0 saturated carbocycles. The van der Waals surface area contributed by atoms with E-state index in [-0.39, 0.29) is 28.0 Å². The van der Waals surface area contributed by atoms with Crippen molar-refractivity contribution < 1.29 is 17.6 Å². The number of aryl methyl sites for hydroxylation is 1. The highest BCUT2D eigenvalue weighted by Crippen LogP contribution is 2.43. The second-order valence-electron chi connectivity index (χ2n) is 5.98. The Balaban J connectivity index is 2.39. The number of para-hydroxylation sites is 1. The molecule has 0 aliphatic heterocycles. The number of anilines is 2. The van der Waals surface area contributed by atoms with E-state index in [1.54, 1.807) is 32.4 Å². The molecular formula is C19H21F4N3S. The first-order chi connectivity index (χ1) is 12.6. The number of nitrogens with zero attached hydrogens (tertiary/aromatic N) is 3. The molecule has 0 aliphatic carbocycles. The lowest BCUT2D eigenvalue weighted by molar-refractivity contribution is -0.0328. The van der Waals surface area contributed by atoms with E-state index in [1.807, 2.05) is 18.9 Å². The molecule has 0 aromatic heterocycles. The van der Waals surface area contributed by atoms with E-state index in [0.717, 1.165) is 12.1 Å². The predicted molar refractivity (Wildman–Crippen MR) is 104 cm³/mol. The molecule has 0 aliphatic rings. The van der Waals surface area contributed by atoms with E-state index in [4.69, 9.17) is 0 Å². The molecule has 0 atom stereocenters. The van der Waals surface area contributed by atoms with Crippen molar-refractivity contribution in [3.05, 3.63) is 47.8 Å². The molecule has 2 aromatic rings. The maximum atomic E-state index is 14.7. The van der Waals surface area contributed by atoms with Crippen molar-refractivity contribution in [2.45, 2.75) is 24.3 Å². The average Bonchev–Trinajstić information content (AvgIpc) is 2.60. The zero-order valence-electron chi connectivity index (χ0n) is 15.5. The van der Waals surface area contributed by atoms with Gasteiger partial charge in [0.05, 0.1) is 23.4 Å². The molecular weight excluding hydrogens is 378 g/mol. The highest BCUT2D eigenvalue weighted by atomic mass is 32.2. The summed E-state index contributed by atoms with van der Waals surface area (Å²) in [5.41, 5.74) is -2.76. The van der Waals surface area contributed by atoms with Crippen LogP contribution in [0.2, 0.25) is 0 Å². The second kappa shape index (κ2) is 8.65. The van der Waals surface area contributed by atoms with E-state index in [0.29, 0.717) is 5.69 Å². The van der Waals surface area contributed by atoms with E-state index >= 15 is 0 Å². The number of alkyl halides is 3. The van der Waals surface area contributed by atoms with Crippen molar-refractivity contribution in [3.63, 3.8) is 0 Å². The normalized spacial score (nSPS) is 11.9. The molecule has 0 bridgehead atoms. The van der Waals surface area contributed by atoms with Gasteiger partial charge in [-0.1, -0.05) is 12.1 Å². The van der Waals surface area contributed by atoms with Gasteiger partial charge in [-0.3, -0.25) is 0 Å². The van der Waals surface area contributed by atoms with Gasteiger partial charge in [-0.2, -0.15) is 13.2 Å². The Labute approximate surface area is 160 Å². The summed E-state index contributed by atoms with van der Waals surface area (Å²) in [6.07, 6.45) is 1.61. The third kappa shape index (κ3) is 5.63. The van der Waals surface area contributed by atoms with Gasteiger partial charge in [-0.05, 0) is 49.4 Å². The van der Waals surface area contributed by atoms with Crippen LogP contribution in [-0.2, 0) is 0 Å². The van der Waals surface area contributed by atoms with Crippen LogP contribution in [-0.4, -0.2) is 37.4 Å². The van der Waals surface area contributed by atoms with Gasteiger partial charge in [0.25, 0.3) is 0 Å². The number of thioether (sulfide) groups is 1. The Kier molecular flexibility index (Phi) is 6.75. The summed E-state index contributed by atoms with van der Waals surface area (Å²) < 4.78 is 53.1. The molecule has 27 heavy (non-hydrogen) atoms. The first-order valence-electron chi connectivity index (χ1n) is 8.25. The molecule has 0 spiro atoms. The lowest BCUT2D eigenvalue weighted by atomic mass is 10.1. The van der Waals surface area contributed by atoms with E-state index in [2.05, 4.69) is 4.99 Å². The SMILES string of the molecule is CCN(C)/C=N/c1cc(F)c(N(C)c2ccccc2SC(F)(F)F)cc1C. The molecule has 0 N–H and O–H groups in total. The van der Waals surface area contributed by atoms with Crippen LogP contribution in [0.3, 0.4) is 0 Å². The zero-order chi connectivity index (χ0) is 20.2. The Morgan fingerprint density at radius 2 is 1.78 bits per heavy atom. The smallest absolute Gasteiger partial charge is 0.366 e. The number of halogens is 4. The third-order valence-corrected chi connectivity index (χ3v) is 4.77. The highest BCUT2D eigenvalue weighted by molar-refractivity contribution is 8.00. The molecule has 0 heterocycles. The summed E-state index contributed by atoms with van der Waals surface area (Å²) >= 11 is -0.216. The molecule has 0 saturated heterocycles. The molecule has 8 heteroatoms. The molecule has 146 valence electrons. The fourth-order valence-corrected chi connectivity index (χ4v) is 3.07.